The Balaban J connectivity index is 2.11. The molecule has 1 aliphatic rings. The number of hydrogen-bond donors (Lipinski definition) is 3. The molecule has 1 heterocycles. The van der Waals surface area contributed by atoms with Crippen molar-refractivity contribution < 1.29 is 22.6 Å². The molecule has 2 amide bonds. The summed E-state index contributed by atoms with van der Waals surface area (Å²) in [6, 6.07) is 4.78. The maximum atomic E-state index is 11.5. The van der Waals surface area contributed by atoms with E-state index in [-0.39, 0.29) is 29.7 Å². The highest BCUT2D eigenvalue weighted by Crippen LogP contribution is 2.12. The number of benzene rings is 1. The van der Waals surface area contributed by atoms with Crippen molar-refractivity contribution in [1.82, 2.24) is 10.6 Å². The smallest absolute Gasteiger partial charge is 0.294 e. The highest BCUT2D eigenvalue weighted by molar-refractivity contribution is 7.85. The van der Waals surface area contributed by atoms with Gasteiger partial charge in [-0.1, -0.05) is 12.1 Å². The molecular formula is C11H12N2O5S. The van der Waals surface area contributed by atoms with E-state index in [0.29, 0.717) is 5.56 Å². The quantitative estimate of drug-likeness (QED) is 0.622. The lowest BCUT2D eigenvalue weighted by Gasteiger charge is -2.23. The molecule has 0 saturated carbocycles. The highest BCUT2D eigenvalue weighted by Gasteiger charge is 2.25. The predicted octanol–water partition coefficient (Wildman–Crippen LogP) is -0.910. The first-order valence-corrected chi connectivity index (χ1v) is 6.94. The molecule has 7 nitrogen and oxygen atoms in total. The minimum Gasteiger partial charge on any atom is -0.345 e. The van der Waals surface area contributed by atoms with Crippen molar-refractivity contribution in [1.29, 1.82) is 0 Å². The van der Waals surface area contributed by atoms with Gasteiger partial charge < -0.3 is 10.6 Å². The molecule has 1 unspecified atom stereocenters. The number of amides is 2. The lowest BCUT2D eigenvalue weighted by atomic mass is 10.0. The molecule has 1 aromatic rings. The SMILES string of the molecule is O=C1CNC(=O)C(Cc2ccc(S(=O)(=O)O)cc2)N1. The van der Waals surface area contributed by atoms with Crippen LogP contribution in [-0.2, 0) is 26.1 Å². The lowest BCUT2D eigenvalue weighted by Crippen LogP contribution is -2.56. The Morgan fingerprint density at radius 3 is 2.42 bits per heavy atom. The minimum atomic E-state index is -4.22. The van der Waals surface area contributed by atoms with Gasteiger partial charge in [0.15, 0.2) is 0 Å². The van der Waals surface area contributed by atoms with Gasteiger partial charge in [0, 0.05) is 6.42 Å². The van der Waals surface area contributed by atoms with Crippen LogP contribution in [0.5, 0.6) is 0 Å². The maximum Gasteiger partial charge on any atom is 0.294 e. The molecule has 19 heavy (non-hydrogen) atoms. The second-order valence-corrected chi connectivity index (χ2v) is 5.58. The first-order valence-electron chi connectivity index (χ1n) is 5.50. The fourth-order valence-corrected chi connectivity index (χ4v) is 2.26. The predicted molar refractivity (Wildman–Crippen MR) is 64.9 cm³/mol. The fraction of sp³-hybridized carbons (Fsp3) is 0.273. The summed E-state index contributed by atoms with van der Waals surface area (Å²) >= 11 is 0. The van der Waals surface area contributed by atoms with Crippen LogP contribution in [0.2, 0.25) is 0 Å². The molecule has 1 aromatic carbocycles. The van der Waals surface area contributed by atoms with Gasteiger partial charge in [-0.25, -0.2) is 0 Å². The van der Waals surface area contributed by atoms with Gasteiger partial charge in [0.2, 0.25) is 11.8 Å². The van der Waals surface area contributed by atoms with E-state index in [1.165, 1.54) is 24.3 Å². The van der Waals surface area contributed by atoms with E-state index in [0.717, 1.165) is 0 Å². The molecule has 0 aromatic heterocycles. The number of nitrogens with one attached hydrogen (secondary N) is 2. The Morgan fingerprint density at radius 1 is 1.21 bits per heavy atom. The van der Waals surface area contributed by atoms with E-state index in [2.05, 4.69) is 10.6 Å². The van der Waals surface area contributed by atoms with Crippen LogP contribution in [0.4, 0.5) is 0 Å². The zero-order valence-electron chi connectivity index (χ0n) is 9.79. The van der Waals surface area contributed by atoms with E-state index in [4.69, 9.17) is 4.55 Å². The summed E-state index contributed by atoms with van der Waals surface area (Å²) in [4.78, 5) is 22.5. The maximum absolute atomic E-state index is 11.5. The first-order chi connectivity index (χ1) is 8.86. The summed E-state index contributed by atoms with van der Waals surface area (Å²) < 4.78 is 30.6. The van der Waals surface area contributed by atoms with E-state index >= 15 is 0 Å². The van der Waals surface area contributed by atoms with Crippen LogP contribution in [-0.4, -0.2) is 37.4 Å². The molecule has 1 fully saturated rings. The average Bonchev–Trinajstić information content (AvgIpc) is 2.33. The second kappa shape index (κ2) is 4.98. The monoisotopic (exact) mass is 284 g/mol. The molecule has 102 valence electrons. The van der Waals surface area contributed by atoms with Crippen molar-refractivity contribution in [3.05, 3.63) is 29.8 Å². The summed E-state index contributed by atoms with van der Waals surface area (Å²) in [5.41, 5.74) is 0.676. The Hall–Kier alpha value is -1.93. The third-order valence-corrected chi connectivity index (χ3v) is 3.60. The van der Waals surface area contributed by atoms with Crippen LogP contribution in [0.25, 0.3) is 0 Å². The summed E-state index contributed by atoms with van der Waals surface area (Å²) in [6.07, 6.45) is 0.253. The number of carbonyl (C=O) groups is 2. The molecular weight excluding hydrogens is 272 g/mol. The normalized spacial score (nSPS) is 19.7. The molecule has 3 N–H and O–H groups in total. The van der Waals surface area contributed by atoms with Gasteiger partial charge in [-0.3, -0.25) is 14.1 Å². The van der Waals surface area contributed by atoms with Gasteiger partial charge in [-0.05, 0) is 17.7 Å². The van der Waals surface area contributed by atoms with Crippen LogP contribution >= 0.6 is 0 Å². The standard InChI is InChI=1S/C11H12N2O5S/c14-10-6-12-11(15)9(13-10)5-7-1-3-8(4-2-7)19(16,17)18/h1-4,9H,5-6H2,(H,12,15)(H,13,14)(H,16,17,18). The number of hydrogen-bond acceptors (Lipinski definition) is 4. The molecule has 1 saturated heterocycles. The van der Waals surface area contributed by atoms with Gasteiger partial charge >= 0.3 is 0 Å². The van der Waals surface area contributed by atoms with E-state index < -0.39 is 16.2 Å². The molecule has 1 atom stereocenters. The molecule has 0 bridgehead atoms. The second-order valence-electron chi connectivity index (χ2n) is 4.16. The van der Waals surface area contributed by atoms with Crippen molar-refractivity contribution in [2.75, 3.05) is 6.54 Å². The molecule has 0 aliphatic carbocycles. The number of rotatable bonds is 3. The van der Waals surface area contributed by atoms with Crippen molar-refractivity contribution in [2.45, 2.75) is 17.4 Å². The third kappa shape index (κ3) is 3.30. The highest BCUT2D eigenvalue weighted by atomic mass is 32.2. The van der Waals surface area contributed by atoms with Gasteiger partial charge in [-0.15, -0.1) is 0 Å². The first kappa shape index (κ1) is 13.5. The van der Waals surface area contributed by atoms with E-state index in [9.17, 15) is 18.0 Å². The fourth-order valence-electron chi connectivity index (χ4n) is 1.78. The topological polar surface area (TPSA) is 113 Å². The molecule has 0 radical (unpaired) electrons. The van der Waals surface area contributed by atoms with Crippen LogP contribution in [0.1, 0.15) is 5.56 Å². The summed E-state index contributed by atoms with van der Waals surface area (Å²) in [5, 5.41) is 4.99. The summed E-state index contributed by atoms with van der Waals surface area (Å²) in [7, 11) is -4.22. The Morgan fingerprint density at radius 2 is 1.84 bits per heavy atom. The van der Waals surface area contributed by atoms with Gasteiger partial charge in [0.1, 0.15) is 6.04 Å². The molecule has 2 rings (SSSR count). The molecule has 0 spiro atoms. The average molecular weight is 284 g/mol. The zero-order chi connectivity index (χ0) is 14.0. The summed E-state index contributed by atoms with van der Waals surface area (Å²) in [5.74, 6) is -0.544. The number of piperazine rings is 1. The molecule has 1 aliphatic heterocycles. The third-order valence-electron chi connectivity index (χ3n) is 2.74. The Kier molecular flexibility index (Phi) is 3.54. The van der Waals surface area contributed by atoms with Crippen molar-refractivity contribution in [3.8, 4) is 0 Å². The van der Waals surface area contributed by atoms with Gasteiger partial charge in [0.25, 0.3) is 10.1 Å². The van der Waals surface area contributed by atoms with Crippen molar-refractivity contribution in [2.24, 2.45) is 0 Å². The van der Waals surface area contributed by atoms with Crippen LogP contribution in [0.3, 0.4) is 0 Å². The Labute approximate surface area is 109 Å². The largest absolute Gasteiger partial charge is 0.345 e. The summed E-state index contributed by atoms with van der Waals surface area (Å²) in [6.45, 7) is -0.0307. The van der Waals surface area contributed by atoms with Gasteiger partial charge in [-0.2, -0.15) is 8.42 Å². The molecule has 8 heteroatoms. The van der Waals surface area contributed by atoms with Crippen LogP contribution in [0, 0.1) is 0 Å². The van der Waals surface area contributed by atoms with Crippen molar-refractivity contribution >= 4 is 21.9 Å². The van der Waals surface area contributed by atoms with E-state index in [1.807, 2.05) is 0 Å². The van der Waals surface area contributed by atoms with Gasteiger partial charge in [0.05, 0.1) is 11.4 Å². The van der Waals surface area contributed by atoms with E-state index in [1.54, 1.807) is 0 Å². The minimum absolute atomic E-state index is 0.0307. The van der Waals surface area contributed by atoms with Crippen molar-refractivity contribution in [3.63, 3.8) is 0 Å². The zero-order valence-corrected chi connectivity index (χ0v) is 10.6. The number of carbonyl (C=O) groups excluding carboxylic acids is 2. The van der Waals surface area contributed by atoms with Crippen LogP contribution in [0.15, 0.2) is 29.2 Å². The van der Waals surface area contributed by atoms with Crippen LogP contribution < -0.4 is 10.6 Å². The lowest BCUT2D eigenvalue weighted by molar-refractivity contribution is -0.133. The Bertz CT molecular complexity index is 608.